The number of aromatic nitrogens is 2. The molecule has 0 aliphatic carbocycles. The number of hydrogen-bond donors (Lipinski definition) is 1. The van der Waals surface area contributed by atoms with E-state index in [9.17, 15) is 14.9 Å². The largest absolute Gasteiger partial charge is 0.364 e. The number of likely N-dealkylation sites (tertiary alicyclic amines) is 1. The molecule has 0 spiro atoms. The minimum atomic E-state index is -0.824. The van der Waals surface area contributed by atoms with Gasteiger partial charge in [-0.2, -0.15) is 5.10 Å². The highest BCUT2D eigenvalue weighted by Crippen LogP contribution is 2.37. The maximum atomic E-state index is 12.0. The Morgan fingerprint density at radius 2 is 1.67 bits per heavy atom. The first-order valence-corrected chi connectivity index (χ1v) is 9.90. The average Bonchev–Trinajstić information content (AvgIpc) is 3.11. The van der Waals surface area contributed by atoms with Crippen LogP contribution in [-0.4, -0.2) is 38.6 Å². The highest BCUT2D eigenvalue weighted by Gasteiger charge is 2.40. The van der Waals surface area contributed by atoms with Gasteiger partial charge in [-0.25, -0.2) is 4.68 Å². The van der Waals surface area contributed by atoms with Crippen molar-refractivity contribution in [2.75, 3.05) is 13.1 Å². The SMILES string of the molecule is CCc1nn(C2CN(C(c3ccccc3)c3ccccc3)C2)c(C(N)=O)c1[N+](=O)[O-]. The molecule has 30 heavy (non-hydrogen) atoms. The molecule has 8 heteroatoms. The molecule has 1 saturated heterocycles. The van der Waals surface area contributed by atoms with E-state index in [1.807, 2.05) is 36.4 Å². The number of aryl methyl sites for hydroxylation is 1. The Hall–Kier alpha value is -3.52. The Labute approximate surface area is 174 Å². The minimum Gasteiger partial charge on any atom is -0.364 e. The zero-order valence-corrected chi connectivity index (χ0v) is 16.6. The van der Waals surface area contributed by atoms with Gasteiger partial charge in [-0.1, -0.05) is 67.6 Å². The zero-order valence-electron chi connectivity index (χ0n) is 16.6. The van der Waals surface area contributed by atoms with Crippen molar-refractivity contribution in [3.63, 3.8) is 0 Å². The van der Waals surface area contributed by atoms with Crippen LogP contribution in [0.4, 0.5) is 5.69 Å². The molecule has 1 aromatic heterocycles. The van der Waals surface area contributed by atoms with Gasteiger partial charge in [-0.05, 0) is 17.5 Å². The molecule has 3 aromatic rings. The Kier molecular flexibility index (Phi) is 5.33. The lowest BCUT2D eigenvalue weighted by Gasteiger charge is -2.44. The summed E-state index contributed by atoms with van der Waals surface area (Å²) in [7, 11) is 0. The lowest BCUT2D eigenvalue weighted by Crippen LogP contribution is -2.50. The number of nitrogens with two attached hydrogens (primary N) is 1. The van der Waals surface area contributed by atoms with E-state index in [0.29, 0.717) is 19.5 Å². The van der Waals surface area contributed by atoms with Crippen LogP contribution in [0.3, 0.4) is 0 Å². The van der Waals surface area contributed by atoms with Crippen molar-refractivity contribution in [1.82, 2.24) is 14.7 Å². The molecule has 154 valence electrons. The Morgan fingerprint density at radius 1 is 1.13 bits per heavy atom. The summed E-state index contributed by atoms with van der Waals surface area (Å²) < 4.78 is 1.46. The molecular formula is C22H23N5O3. The number of hydrogen-bond acceptors (Lipinski definition) is 5. The van der Waals surface area contributed by atoms with E-state index in [2.05, 4.69) is 34.3 Å². The van der Waals surface area contributed by atoms with Crippen LogP contribution in [0, 0.1) is 10.1 Å². The van der Waals surface area contributed by atoms with E-state index in [1.165, 1.54) is 4.68 Å². The van der Waals surface area contributed by atoms with Crippen molar-refractivity contribution >= 4 is 11.6 Å². The topological polar surface area (TPSA) is 107 Å². The average molecular weight is 405 g/mol. The van der Waals surface area contributed by atoms with Gasteiger partial charge in [0.2, 0.25) is 5.69 Å². The number of amides is 1. The summed E-state index contributed by atoms with van der Waals surface area (Å²) in [5, 5.41) is 15.9. The van der Waals surface area contributed by atoms with Crippen LogP contribution in [0.2, 0.25) is 0 Å². The highest BCUT2D eigenvalue weighted by atomic mass is 16.6. The van der Waals surface area contributed by atoms with E-state index in [4.69, 9.17) is 5.73 Å². The Bertz CT molecular complexity index is 1020. The van der Waals surface area contributed by atoms with Gasteiger partial charge >= 0.3 is 5.69 Å². The van der Waals surface area contributed by atoms with E-state index in [0.717, 1.165) is 11.1 Å². The summed E-state index contributed by atoms with van der Waals surface area (Å²) in [5.74, 6) is -0.824. The van der Waals surface area contributed by atoms with Crippen molar-refractivity contribution in [3.05, 3.63) is 93.3 Å². The van der Waals surface area contributed by atoms with Gasteiger partial charge in [-0.15, -0.1) is 0 Å². The van der Waals surface area contributed by atoms with E-state index >= 15 is 0 Å². The van der Waals surface area contributed by atoms with Crippen LogP contribution in [0.1, 0.15) is 46.3 Å². The number of benzene rings is 2. The van der Waals surface area contributed by atoms with Crippen molar-refractivity contribution in [1.29, 1.82) is 0 Å². The number of carbonyl (C=O) groups excluding carboxylic acids is 1. The fourth-order valence-corrected chi connectivity index (χ4v) is 4.13. The molecule has 4 rings (SSSR count). The Morgan fingerprint density at radius 3 is 2.10 bits per heavy atom. The quantitative estimate of drug-likeness (QED) is 0.480. The second kappa shape index (κ2) is 8.08. The molecule has 8 nitrogen and oxygen atoms in total. The van der Waals surface area contributed by atoms with Crippen LogP contribution < -0.4 is 5.73 Å². The van der Waals surface area contributed by atoms with Gasteiger partial charge < -0.3 is 5.73 Å². The summed E-state index contributed by atoms with van der Waals surface area (Å²) in [5.41, 5.74) is 7.73. The Balaban J connectivity index is 1.65. The lowest BCUT2D eigenvalue weighted by atomic mass is 9.93. The maximum absolute atomic E-state index is 12.0. The van der Waals surface area contributed by atoms with Crippen LogP contribution in [0.5, 0.6) is 0 Å². The third kappa shape index (κ3) is 3.46. The second-order valence-electron chi connectivity index (χ2n) is 7.40. The molecule has 1 fully saturated rings. The molecule has 2 N–H and O–H groups in total. The van der Waals surface area contributed by atoms with Crippen LogP contribution in [-0.2, 0) is 6.42 Å². The molecule has 1 aliphatic rings. The summed E-state index contributed by atoms with van der Waals surface area (Å²) in [6.45, 7) is 2.99. The van der Waals surface area contributed by atoms with Crippen molar-refractivity contribution in [2.24, 2.45) is 5.73 Å². The zero-order chi connectivity index (χ0) is 21.3. The van der Waals surface area contributed by atoms with Crippen molar-refractivity contribution in [2.45, 2.75) is 25.4 Å². The van der Waals surface area contributed by atoms with Crippen LogP contribution in [0.25, 0.3) is 0 Å². The van der Waals surface area contributed by atoms with Gasteiger partial charge in [0.15, 0.2) is 0 Å². The van der Waals surface area contributed by atoms with E-state index in [1.54, 1.807) is 6.92 Å². The maximum Gasteiger partial charge on any atom is 0.323 e. The standard InChI is InChI=1S/C22H23N5O3/c1-2-18-20(27(29)30)21(22(23)28)26(24-18)17-13-25(14-17)19(15-9-5-3-6-10-15)16-11-7-4-8-12-16/h3-12,17,19H,2,13-14H2,1H3,(H2,23,28). The number of nitrogens with zero attached hydrogens (tertiary/aromatic N) is 4. The fourth-order valence-electron chi connectivity index (χ4n) is 4.13. The molecule has 0 unspecified atom stereocenters. The fraction of sp³-hybridized carbons (Fsp3) is 0.273. The van der Waals surface area contributed by atoms with E-state index in [-0.39, 0.29) is 29.2 Å². The number of carbonyl (C=O) groups is 1. The molecule has 2 aromatic carbocycles. The van der Waals surface area contributed by atoms with Crippen LogP contribution in [0.15, 0.2) is 60.7 Å². The molecule has 1 aliphatic heterocycles. The molecule has 1 amide bonds. The third-order valence-electron chi connectivity index (χ3n) is 5.54. The molecule has 0 saturated carbocycles. The first-order chi connectivity index (χ1) is 14.5. The van der Waals surface area contributed by atoms with Gasteiger partial charge in [0, 0.05) is 13.1 Å². The summed E-state index contributed by atoms with van der Waals surface area (Å²) >= 11 is 0. The number of nitro groups is 1. The molecule has 0 radical (unpaired) electrons. The summed E-state index contributed by atoms with van der Waals surface area (Å²) in [4.78, 5) is 25.3. The highest BCUT2D eigenvalue weighted by molar-refractivity contribution is 5.95. The van der Waals surface area contributed by atoms with E-state index < -0.39 is 10.8 Å². The normalized spacial score (nSPS) is 14.6. The predicted octanol–water partition coefficient (Wildman–Crippen LogP) is 3.10. The van der Waals surface area contributed by atoms with Crippen molar-refractivity contribution < 1.29 is 9.72 Å². The predicted molar refractivity (Wildman–Crippen MR) is 112 cm³/mol. The number of rotatable bonds is 7. The van der Waals surface area contributed by atoms with Crippen LogP contribution >= 0.6 is 0 Å². The number of primary amides is 1. The summed E-state index contributed by atoms with van der Waals surface area (Å²) in [6.07, 6.45) is 0.358. The van der Waals surface area contributed by atoms with Gasteiger partial charge in [0.1, 0.15) is 5.69 Å². The minimum absolute atomic E-state index is 0.0527. The molecular weight excluding hydrogens is 382 g/mol. The third-order valence-corrected chi connectivity index (χ3v) is 5.54. The summed E-state index contributed by atoms with van der Waals surface area (Å²) in [6, 6.07) is 20.3. The first-order valence-electron chi connectivity index (χ1n) is 9.90. The molecule has 0 atom stereocenters. The van der Waals surface area contributed by atoms with Crippen molar-refractivity contribution in [3.8, 4) is 0 Å². The monoisotopic (exact) mass is 405 g/mol. The van der Waals surface area contributed by atoms with Gasteiger partial charge in [-0.3, -0.25) is 19.8 Å². The smallest absolute Gasteiger partial charge is 0.323 e. The first kappa shape index (κ1) is 19.8. The molecule has 0 bridgehead atoms. The molecule has 2 heterocycles. The van der Waals surface area contributed by atoms with Gasteiger partial charge in [0.05, 0.1) is 17.0 Å². The second-order valence-corrected chi connectivity index (χ2v) is 7.40. The lowest BCUT2D eigenvalue weighted by molar-refractivity contribution is -0.385. The van der Waals surface area contributed by atoms with Gasteiger partial charge in [0.25, 0.3) is 5.91 Å².